The molecule has 0 fully saturated rings. The number of oxazole rings is 1. The third-order valence-corrected chi connectivity index (χ3v) is 3.09. The molecule has 6 heteroatoms. The summed E-state index contributed by atoms with van der Waals surface area (Å²) in [4.78, 5) is 20.2. The van der Waals surface area contributed by atoms with E-state index in [0.29, 0.717) is 33.3 Å². The fourth-order valence-corrected chi connectivity index (χ4v) is 2.05. The number of anilines is 1. The van der Waals surface area contributed by atoms with E-state index in [9.17, 15) is 4.79 Å². The molecule has 100 valence electrons. The van der Waals surface area contributed by atoms with Crippen molar-refractivity contribution < 1.29 is 9.21 Å². The second-order valence-corrected chi connectivity index (χ2v) is 4.63. The lowest BCUT2D eigenvalue weighted by atomic mass is 10.2. The van der Waals surface area contributed by atoms with Gasteiger partial charge in [-0.15, -0.1) is 0 Å². The van der Waals surface area contributed by atoms with Crippen LogP contribution in [0.1, 0.15) is 16.2 Å². The zero-order valence-corrected chi connectivity index (χ0v) is 11.3. The van der Waals surface area contributed by atoms with E-state index in [1.54, 1.807) is 31.2 Å². The van der Waals surface area contributed by atoms with Crippen molar-refractivity contribution in [2.75, 3.05) is 5.32 Å². The molecular weight excluding hydrogens is 278 g/mol. The van der Waals surface area contributed by atoms with Gasteiger partial charge in [0.25, 0.3) is 5.91 Å². The summed E-state index contributed by atoms with van der Waals surface area (Å²) in [6.07, 6.45) is 2.96. The molecule has 1 N–H and O–H groups in total. The topological polar surface area (TPSA) is 68.0 Å². The summed E-state index contributed by atoms with van der Waals surface area (Å²) in [5.74, 6) is 0.265. The molecule has 0 aliphatic rings. The zero-order valence-electron chi connectivity index (χ0n) is 10.6. The van der Waals surface area contributed by atoms with Crippen molar-refractivity contribution >= 4 is 34.3 Å². The van der Waals surface area contributed by atoms with Gasteiger partial charge in [0, 0.05) is 25.0 Å². The number of carbonyl (C=O) groups excluding carboxylic acids is 1. The van der Waals surface area contributed by atoms with Crippen molar-refractivity contribution in [1.29, 1.82) is 0 Å². The third kappa shape index (κ3) is 2.35. The van der Waals surface area contributed by atoms with Gasteiger partial charge >= 0.3 is 0 Å². The molecule has 0 saturated carbocycles. The van der Waals surface area contributed by atoms with E-state index in [1.807, 2.05) is 0 Å². The zero-order chi connectivity index (χ0) is 14.1. The monoisotopic (exact) mass is 287 g/mol. The summed E-state index contributed by atoms with van der Waals surface area (Å²) >= 11 is 5.96. The van der Waals surface area contributed by atoms with Crippen LogP contribution in [0.25, 0.3) is 11.1 Å². The van der Waals surface area contributed by atoms with Crippen LogP contribution in [0.3, 0.4) is 0 Å². The van der Waals surface area contributed by atoms with Crippen molar-refractivity contribution in [1.82, 2.24) is 9.97 Å². The average Bonchev–Trinajstić information content (AvgIpc) is 2.78. The molecule has 0 aliphatic carbocycles. The maximum absolute atomic E-state index is 12.1. The molecule has 2 aromatic heterocycles. The Kier molecular flexibility index (Phi) is 3.12. The molecule has 0 spiro atoms. The molecule has 0 unspecified atom stereocenters. The number of hydrogen-bond acceptors (Lipinski definition) is 4. The second kappa shape index (κ2) is 4.94. The van der Waals surface area contributed by atoms with Gasteiger partial charge in [0.15, 0.2) is 11.5 Å². The number of fused-ring (bicyclic) bond motifs is 1. The van der Waals surface area contributed by atoms with E-state index in [2.05, 4.69) is 15.3 Å². The highest BCUT2D eigenvalue weighted by Gasteiger charge is 2.11. The van der Waals surface area contributed by atoms with Crippen molar-refractivity contribution in [2.24, 2.45) is 0 Å². The largest absolute Gasteiger partial charge is 0.441 e. The minimum atomic E-state index is -0.317. The predicted octanol–water partition coefficient (Wildman–Crippen LogP) is 3.44. The molecule has 0 aliphatic heterocycles. The molecule has 3 rings (SSSR count). The minimum Gasteiger partial charge on any atom is -0.441 e. The number of aryl methyl sites for hydroxylation is 1. The van der Waals surface area contributed by atoms with E-state index in [-0.39, 0.29) is 5.91 Å². The number of pyridine rings is 1. The summed E-state index contributed by atoms with van der Waals surface area (Å²) in [6.45, 7) is 1.77. The lowest BCUT2D eigenvalue weighted by Gasteiger charge is -2.05. The summed E-state index contributed by atoms with van der Waals surface area (Å²) in [6, 6.07) is 6.82. The summed E-state index contributed by atoms with van der Waals surface area (Å²) in [7, 11) is 0. The molecule has 5 nitrogen and oxygen atoms in total. The molecule has 0 bridgehead atoms. The van der Waals surface area contributed by atoms with Crippen LogP contribution >= 0.6 is 11.6 Å². The number of benzene rings is 1. The number of aromatic nitrogens is 2. The van der Waals surface area contributed by atoms with Crippen LogP contribution in [0.2, 0.25) is 5.02 Å². The first-order valence-electron chi connectivity index (χ1n) is 5.91. The molecule has 0 radical (unpaired) electrons. The molecular formula is C14H10ClN3O2. The average molecular weight is 288 g/mol. The van der Waals surface area contributed by atoms with Crippen molar-refractivity contribution in [3.8, 4) is 0 Å². The highest BCUT2D eigenvalue weighted by atomic mass is 35.5. The van der Waals surface area contributed by atoms with Gasteiger partial charge in [0.2, 0.25) is 0 Å². The van der Waals surface area contributed by atoms with E-state index < -0.39 is 0 Å². The molecule has 2 heterocycles. The number of carbonyl (C=O) groups is 1. The van der Waals surface area contributed by atoms with Crippen LogP contribution in [-0.4, -0.2) is 15.9 Å². The first-order chi connectivity index (χ1) is 9.63. The Bertz CT molecular complexity index is 798. The lowest BCUT2D eigenvalue weighted by molar-refractivity contribution is 0.102. The molecule has 0 saturated heterocycles. The highest BCUT2D eigenvalue weighted by molar-refractivity contribution is 6.34. The minimum absolute atomic E-state index is 0.317. The van der Waals surface area contributed by atoms with Gasteiger partial charge in [0.1, 0.15) is 5.52 Å². The number of halogens is 1. The highest BCUT2D eigenvalue weighted by Crippen LogP contribution is 2.21. The molecule has 3 aromatic rings. The van der Waals surface area contributed by atoms with Gasteiger partial charge < -0.3 is 9.73 Å². The number of hydrogen-bond donors (Lipinski definition) is 1. The van der Waals surface area contributed by atoms with Crippen molar-refractivity contribution in [2.45, 2.75) is 6.92 Å². The van der Waals surface area contributed by atoms with Crippen LogP contribution < -0.4 is 5.32 Å². The number of nitrogens with one attached hydrogen (secondary N) is 1. The first kappa shape index (κ1) is 12.6. The first-order valence-corrected chi connectivity index (χ1v) is 6.29. The van der Waals surface area contributed by atoms with Gasteiger partial charge in [-0.25, -0.2) is 4.98 Å². The van der Waals surface area contributed by atoms with Crippen molar-refractivity contribution in [3.05, 3.63) is 53.1 Å². The second-order valence-electron chi connectivity index (χ2n) is 4.23. The number of rotatable bonds is 2. The maximum Gasteiger partial charge on any atom is 0.258 e. The normalized spacial score (nSPS) is 10.7. The predicted molar refractivity (Wildman–Crippen MR) is 75.9 cm³/mol. The molecule has 0 atom stereocenters. The third-order valence-electron chi connectivity index (χ3n) is 2.76. The van der Waals surface area contributed by atoms with E-state index in [0.717, 1.165) is 0 Å². The van der Waals surface area contributed by atoms with Gasteiger partial charge in [-0.2, -0.15) is 0 Å². The van der Waals surface area contributed by atoms with Crippen LogP contribution in [0.4, 0.5) is 5.69 Å². The van der Waals surface area contributed by atoms with E-state index >= 15 is 0 Å². The standard InChI is InChI=1S/C14H10ClN3O2/c1-8-17-12-6-9(2-3-13(12)20-8)18-14(19)10-7-16-5-4-11(10)15/h2-7H,1H3,(H,18,19). The van der Waals surface area contributed by atoms with Crippen LogP contribution in [0, 0.1) is 6.92 Å². The Morgan fingerprint density at radius 2 is 2.20 bits per heavy atom. The number of amides is 1. The van der Waals surface area contributed by atoms with Gasteiger partial charge in [-0.05, 0) is 24.3 Å². The smallest absolute Gasteiger partial charge is 0.258 e. The van der Waals surface area contributed by atoms with E-state index in [4.69, 9.17) is 16.0 Å². The van der Waals surface area contributed by atoms with Crippen LogP contribution in [0.5, 0.6) is 0 Å². The van der Waals surface area contributed by atoms with E-state index in [1.165, 1.54) is 12.4 Å². The SMILES string of the molecule is Cc1nc2cc(NC(=O)c3cnccc3Cl)ccc2o1. The van der Waals surface area contributed by atoms with Crippen molar-refractivity contribution in [3.63, 3.8) is 0 Å². The lowest BCUT2D eigenvalue weighted by Crippen LogP contribution is -2.12. The Morgan fingerprint density at radius 1 is 1.35 bits per heavy atom. The molecule has 1 amide bonds. The Balaban J connectivity index is 1.89. The van der Waals surface area contributed by atoms with Gasteiger partial charge in [-0.1, -0.05) is 11.6 Å². The maximum atomic E-state index is 12.1. The fraction of sp³-hybridized carbons (Fsp3) is 0.0714. The molecule has 20 heavy (non-hydrogen) atoms. The van der Waals surface area contributed by atoms with Gasteiger partial charge in [-0.3, -0.25) is 9.78 Å². The Hall–Kier alpha value is -2.40. The fourth-order valence-electron chi connectivity index (χ4n) is 1.86. The number of nitrogens with zero attached hydrogens (tertiary/aromatic N) is 2. The molecule has 1 aromatic carbocycles. The quantitative estimate of drug-likeness (QED) is 0.784. The Labute approximate surface area is 119 Å². The van der Waals surface area contributed by atoms with Gasteiger partial charge in [0.05, 0.1) is 10.6 Å². The Morgan fingerprint density at radius 3 is 3.00 bits per heavy atom. The summed E-state index contributed by atoms with van der Waals surface area (Å²) in [5.41, 5.74) is 2.32. The summed E-state index contributed by atoms with van der Waals surface area (Å²) < 4.78 is 5.38. The van der Waals surface area contributed by atoms with Crippen LogP contribution in [0.15, 0.2) is 41.1 Å². The summed E-state index contributed by atoms with van der Waals surface area (Å²) in [5, 5.41) is 3.11. The van der Waals surface area contributed by atoms with Crippen LogP contribution in [-0.2, 0) is 0 Å².